The fraction of sp³-hybridized carbons (Fsp3) is 0.556. The Labute approximate surface area is 181 Å². The lowest BCUT2D eigenvalue weighted by Crippen LogP contribution is -2.04. The summed E-state index contributed by atoms with van der Waals surface area (Å²) < 4.78 is 1.86. The number of alkyl halides is 2. The molecule has 0 N–H and O–H groups in total. The zero-order chi connectivity index (χ0) is 19.6. The molecule has 0 amide bonds. The molecule has 2 heterocycles. The van der Waals surface area contributed by atoms with Gasteiger partial charge in [0, 0.05) is 28.3 Å². The number of hydrogen-bond donors (Lipinski definition) is 0. The average Bonchev–Trinajstić information content (AvgIpc) is 3.38. The van der Waals surface area contributed by atoms with E-state index in [1.807, 2.05) is 28.9 Å². The first-order chi connectivity index (χ1) is 13.8. The molecule has 0 saturated heterocycles. The molecule has 0 aliphatic heterocycles. The van der Waals surface area contributed by atoms with Gasteiger partial charge in [-0.1, -0.05) is 69.0 Å². The second-order valence-electron chi connectivity index (χ2n) is 6.48. The molecular formula is C18H24Br2N8. The van der Waals surface area contributed by atoms with Gasteiger partial charge in [-0.15, -0.1) is 15.3 Å². The first-order valence-electron chi connectivity index (χ1n) is 9.59. The first kappa shape index (κ1) is 21.0. The molecule has 0 bridgehead atoms. The molecule has 3 aromatic rings. The number of hydrogen-bond acceptors (Lipinski definition) is 6. The number of benzene rings is 1. The quantitative estimate of drug-likeness (QED) is 0.268. The maximum absolute atomic E-state index is 4.56. The van der Waals surface area contributed by atoms with Gasteiger partial charge in [0.25, 0.3) is 0 Å². The van der Waals surface area contributed by atoms with E-state index in [9.17, 15) is 0 Å². The molecule has 0 fully saturated rings. The smallest absolute Gasteiger partial charge is 0.205 e. The summed E-state index contributed by atoms with van der Waals surface area (Å²) in [4.78, 5) is 1.67. The fourth-order valence-electron chi connectivity index (χ4n) is 2.92. The van der Waals surface area contributed by atoms with Crippen LogP contribution in [0.2, 0.25) is 0 Å². The minimum Gasteiger partial charge on any atom is -0.225 e. The van der Waals surface area contributed by atoms with E-state index in [0.717, 1.165) is 79.2 Å². The van der Waals surface area contributed by atoms with Crippen molar-refractivity contribution in [2.24, 2.45) is 0 Å². The first-order valence-corrected chi connectivity index (χ1v) is 11.8. The van der Waals surface area contributed by atoms with Crippen molar-refractivity contribution in [2.45, 2.75) is 51.6 Å². The van der Waals surface area contributed by atoms with Gasteiger partial charge in [-0.25, -0.2) is 4.68 Å². The number of tetrazole rings is 2. The van der Waals surface area contributed by atoms with Crippen molar-refractivity contribution < 1.29 is 0 Å². The predicted octanol–water partition coefficient (Wildman–Crippen LogP) is 4.12. The summed E-state index contributed by atoms with van der Waals surface area (Å²) in [5, 5.41) is 27.4. The Morgan fingerprint density at radius 2 is 1.46 bits per heavy atom. The molecule has 28 heavy (non-hydrogen) atoms. The van der Waals surface area contributed by atoms with Crippen LogP contribution in [0.4, 0.5) is 0 Å². The highest BCUT2D eigenvalue weighted by Gasteiger charge is 2.17. The molecule has 0 spiro atoms. The van der Waals surface area contributed by atoms with Crippen molar-refractivity contribution in [3.05, 3.63) is 24.3 Å². The summed E-state index contributed by atoms with van der Waals surface area (Å²) in [6.45, 7) is 1.56. The lowest BCUT2D eigenvalue weighted by atomic mass is 10.1. The van der Waals surface area contributed by atoms with E-state index in [-0.39, 0.29) is 0 Å². The number of nitrogens with zero attached hydrogens (tertiary/aromatic N) is 8. The van der Waals surface area contributed by atoms with Crippen LogP contribution in [0.3, 0.4) is 0 Å². The summed E-state index contributed by atoms with van der Waals surface area (Å²) in [7, 11) is 0. The standard InChI is InChI=1S/C18H24Br2N8/c19-11-5-1-7-13-27-18(22-24-26-27)16-10-4-3-9-15(16)17-21-25-28(23-17)14-8-2-6-12-20/h3-4,9-10H,1-2,5-8,11-14H2. The van der Waals surface area contributed by atoms with E-state index in [1.54, 1.807) is 4.80 Å². The number of rotatable bonds is 12. The minimum atomic E-state index is 0.602. The highest BCUT2D eigenvalue weighted by molar-refractivity contribution is 9.09. The number of aromatic nitrogens is 8. The largest absolute Gasteiger partial charge is 0.225 e. The third-order valence-corrected chi connectivity index (χ3v) is 5.51. The Hall–Kier alpha value is -1.68. The Bertz CT molecular complexity index is 847. The Morgan fingerprint density at radius 1 is 0.750 bits per heavy atom. The zero-order valence-corrected chi connectivity index (χ0v) is 18.9. The molecule has 0 atom stereocenters. The van der Waals surface area contributed by atoms with Crippen molar-refractivity contribution >= 4 is 31.9 Å². The summed E-state index contributed by atoms with van der Waals surface area (Å²) >= 11 is 6.92. The van der Waals surface area contributed by atoms with E-state index < -0.39 is 0 Å². The third-order valence-electron chi connectivity index (χ3n) is 4.39. The lowest BCUT2D eigenvalue weighted by Gasteiger charge is -2.07. The number of halogens is 2. The molecule has 10 heteroatoms. The monoisotopic (exact) mass is 510 g/mol. The lowest BCUT2D eigenvalue weighted by molar-refractivity contribution is 0.487. The molecule has 0 saturated carbocycles. The van der Waals surface area contributed by atoms with Gasteiger partial charge in [-0.05, 0) is 41.3 Å². The second kappa shape index (κ2) is 11.4. The minimum absolute atomic E-state index is 0.602. The van der Waals surface area contributed by atoms with Crippen LogP contribution in [-0.4, -0.2) is 51.1 Å². The van der Waals surface area contributed by atoms with E-state index in [1.165, 1.54) is 0 Å². The van der Waals surface area contributed by atoms with Crippen molar-refractivity contribution in [3.63, 3.8) is 0 Å². The molecule has 0 unspecified atom stereocenters. The second-order valence-corrected chi connectivity index (χ2v) is 8.07. The van der Waals surface area contributed by atoms with Gasteiger partial charge in [-0.2, -0.15) is 4.80 Å². The molecule has 1 aromatic carbocycles. The highest BCUT2D eigenvalue weighted by Crippen LogP contribution is 2.28. The molecular weight excluding hydrogens is 488 g/mol. The summed E-state index contributed by atoms with van der Waals surface area (Å²) in [5.74, 6) is 1.34. The van der Waals surface area contributed by atoms with Gasteiger partial charge in [0.2, 0.25) is 5.82 Å². The molecule has 0 aliphatic carbocycles. The van der Waals surface area contributed by atoms with Crippen LogP contribution >= 0.6 is 31.9 Å². The molecule has 8 nitrogen and oxygen atoms in total. The number of aryl methyl sites for hydroxylation is 2. The van der Waals surface area contributed by atoms with E-state index in [2.05, 4.69) is 62.8 Å². The summed E-state index contributed by atoms with van der Waals surface area (Å²) in [6.07, 6.45) is 6.66. The van der Waals surface area contributed by atoms with Crippen molar-refractivity contribution in [2.75, 3.05) is 10.7 Å². The van der Waals surface area contributed by atoms with Crippen molar-refractivity contribution in [1.82, 2.24) is 40.4 Å². The molecule has 150 valence electrons. The third kappa shape index (κ3) is 5.66. The maximum atomic E-state index is 4.56. The van der Waals surface area contributed by atoms with Gasteiger partial charge in [-0.3, -0.25) is 0 Å². The van der Waals surface area contributed by atoms with Gasteiger partial charge >= 0.3 is 0 Å². The van der Waals surface area contributed by atoms with Gasteiger partial charge in [0.1, 0.15) is 0 Å². The van der Waals surface area contributed by atoms with Gasteiger partial charge in [0.15, 0.2) is 5.82 Å². The summed E-state index contributed by atoms with van der Waals surface area (Å²) in [5.41, 5.74) is 1.82. The van der Waals surface area contributed by atoms with Crippen LogP contribution in [-0.2, 0) is 13.1 Å². The van der Waals surface area contributed by atoms with E-state index in [0.29, 0.717) is 5.82 Å². The van der Waals surface area contributed by atoms with Crippen LogP contribution in [0.15, 0.2) is 24.3 Å². The van der Waals surface area contributed by atoms with Crippen molar-refractivity contribution in [3.8, 4) is 22.8 Å². The van der Waals surface area contributed by atoms with Crippen LogP contribution < -0.4 is 0 Å². The highest BCUT2D eigenvalue weighted by atomic mass is 79.9. The topological polar surface area (TPSA) is 87.2 Å². The Balaban J connectivity index is 1.76. The molecule has 0 radical (unpaired) electrons. The fourth-order valence-corrected chi connectivity index (χ4v) is 3.72. The van der Waals surface area contributed by atoms with Crippen LogP contribution in [0.25, 0.3) is 22.8 Å². The van der Waals surface area contributed by atoms with Gasteiger partial charge in [0.05, 0.1) is 6.54 Å². The zero-order valence-electron chi connectivity index (χ0n) is 15.7. The average molecular weight is 512 g/mol. The molecule has 0 aliphatic rings. The van der Waals surface area contributed by atoms with Gasteiger partial charge < -0.3 is 0 Å². The normalized spacial score (nSPS) is 11.2. The van der Waals surface area contributed by atoms with E-state index >= 15 is 0 Å². The SMILES string of the molecule is BrCCCCCn1nnc(-c2ccccc2-c2nnnn2CCCCCBr)n1. The van der Waals surface area contributed by atoms with Crippen LogP contribution in [0.5, 0.6) is 0 Å². The molecule has 3 rings (SSSR count). The predicted molar refractivity (Wildman–Crippen MR) is 115 cm³/mol. The summed E-state index contributed by atoms with van der Waals surface area (Å²) in [6, 6.07) is 7.95. The van der Waals surface area contributed by atoms with Crippen LogP contribution in [0.1, 0.15) is 38.5 Å². The Morgan fingerprint density at radius 3 is 2.21 bits per heavy atom. The number of unbranched alkanes of at least 4 members (excludes halogenated alkanes) is 4. The maximum Gasteiger partial charge on any atom is 0.205 e. The van der Waals surface area contributed by atoms with Crippen molar-refractivity contribution in [1.29, 1.82) is 0 Å². The van der Waals surface area contributed by atoms with E-state index in [4.69, 9.17) is 0 Å². The Kier molecular flexibility index (Phi) is 8.53. The van der Waals surface area contributed by atoms with Crippen LogP contribution in [0, 0.1) is 0 Å². The molecule has 2 aromatic heterocycles.